The van der Waals surface area contributed by atoms with E-state index in [1.54, 1.807) is 19.1 Å². The Bertz CT molecular complexity index is 1060. The minimum atomic E-state index is -0.857. The number of benzene rings is 2. The van der Waals surface area contributed by atoms with Crippen LogP contribution >= 0.6 is 11.6 Å². The molecule has 5 nitrogen and oxygen atoms in total. The fraction of sp³-hybridized carbons (Fsp3) is 0.158. The zero-order valence-electron chi connectivity index (χ0n) is 14.0. The maximum atomic E-state index is 14.0. The van der Waals surface area contributed by atoms with Gasteiger partial charge in [-0.3, -0.25) is 0 Å². The van der Waals surface area contributed by atoms with E-state index in [0.717, 1.165) is 11.6 Å². The van der Waals surface area contributed by atoms with Crippen LogP contribution in [0.3, 0.4) is 0 Å². The number of rotatable bonds is 4. The molecule has 0 unspecified atom stereocenters. The Labute approximate surface area is 152 Å². The van der Waals surface area contributed by atoms with Gasteiger partial charge < -0.3 is 13.9 Å². The minimum absolute atomic E-state index is 0.230. The van der Waals surface area contributed by atoms with E-state index in [4.69, 9.17) is 25.5 Å². The minimum Gasteiger partial charge on any atom is -0.497 e. The van der Waals surface area contributed by atoms with Crippen molar-refractivity contribution in [2.45, 2.75) is 13.5 Å². The van der Waals surface area contributed by atoms with E-state index in [9.17, 15) is 14.0 Å². The molecule has 0 bridgehead atoms. The number of methoxy groups -OCH3 is 1. The highest BCUT2D eigenvalue weighted by atomic mass is 35.5. The Morgan fingerprint density at radius 1 is 1.23 bits per heavy atom. The molecule has 0 atom stereocenters. The van der Waals surface area contributed by atoms with Crippen LogP contribution in [0.5, 0.6) is 5.75 Å². The largest absolute Gasteiger partial charge is 0.497 e. The Kier molecular flexibility index (Phi) is 4.95. The van der Waals surface area contributed by atoms with Crippen molar-refractivity contribution in [3.05, 3.63) is 74.3 Å². The van der Waals surface area contributed by atoms with Gasteiger partial charge in [-0.1, -0.05) is 11.6 Å². The zero-order chi connectivity index (χ0) is 18.8. The van der Waals surface area contributed by atoms with Crippen LogP contribution in [0.4, 0.5) is 4.39 Å². The van der Waals surface area contributed by atoms with Crippen molar-refractivity contribution in [2.75, 3.05) is 7.11 Å². The van der Waals surface area contributed by atoms with Crippen molar-refractivity contribution in [3.8, 4) is 5.75 Å². The number of halogens is 2. The van der Waals surface area contributed by atoms with E-state index in [-0.39, 0.29) is 17.9 Å². The quantitative estimate of drug-likeness (QED) is 0.503. The van der Waals surface area contributed by atoms with Gasteiger partial charge in [0.05, 0.1) is 12.7 Å². The molecule has 3 rings (SSSR count). The summed E-state index contributed by atoms with van der Waals surface area (Å²) < 4.78 is 29.2. The fourth-order valence-electron chi connectivity index (χ4n) is 2.48. The monoisotopic (exact) mass is 376 g/mol. The van der Waals surface area contributed by atoms with Crippen molar-refractivity contribution < 1.29 is 23.1 Å². The Morgan fingerprint density at radius 2 is 2.00 bits per heavy atom. The molecule has 0 saturated carbocycles. The van der Waals surface area contributed by atoms with Gasteiger partial charge in [-0.25, -0.2) is 14.0 Å². The number of aryl methyl sites for hydroxylation is 1. The maximum Gasteiger partial charge on any atom is 0.341 e. The fourth-order valence-corrected chi connectivity index (χ4v) is 2.64. The van der Waals surface area contributed by atoms with Gasteiger partial charge in [0.25, 0.3) is 0 Å². The molecule has 2 aromatic carbocycles. The predicted molar refractivity (Wildman–Crippen MR) is 94.3 cm³/mol. The zero-order valence-corrected chi connectivity index (χ0v) is 14.7. The lowest BCUT2D eigenvalue weighted by atomic mass is 10.1. The topological polar surface area (TPSA) is 65.7 Å². The molecular weight excluding hydrogens is 363 g/mol. The van der Waals surface area contributed by atoms with Crippen molar-refractivity contribution >= 4 is 28.5 Å². The molecule has 0 aliphatic rings. The van der Waals surface area contributed by atoms with Gasteiger partial charge in [0.1, 0.15) is 23.8 Å². The average Bonchev–Trinajstić information content (AvgIpc) is 2.60. The number of carbonyl (C=O) groups excluding carboxylic acids is 1. The molecule has 0 spiro atoms. The van der Waals surface area contributed by atoms with Crippen molar-refractivity contribution in [1.29, 1.82) is 0 Å². The van der Waals surface area contributed by atoms with Gasteiger partial charge in [0.2, 0.25) is 0 Å². The molecule has 0 fully saturated rings. The standard InChI is InChI=1S/C19H14ClFO5/c1-10-5-17-14(8-15(10)20)11(6-18(22)26-17)9-25-19(23)13-4-3-12(24-2)7-16(13)21/h3-8H,9H2,1-2H3. The van der Waals surface area contributed by atoms with Gasteiger partial charge in [-0.2, -0.15) is 0 Å². The smallest absolute Gasteiger partial charge is 0.341 e. The van der Waals surface area contributed by atoms with Gasteiger partial charge in [-0.15, -0.1) is 0 Å². The lowest BCUT2D eigenvalue weighted by molar-refractivity contribution is 0.0468. The second kappa shape index (κ2) is 7.17. The summed E-state index contributed by atoms with van der Waals surface area (Å²) in [6.45, 7) is 1.55. The van der Waals surface area contributed by atoms with Crippen molar-refractivity contribution in [1.82, 2.24) is 0 Å². The Balaban J connectivity index is 1.89. The summed E-state index contributed by atoms with van der Waals surface area (Å²) in [6, 6.07) is 8.29. The molecule has 0 N–H and O–H groups in total. The molecule has 0 amide bonds. The summed E-state index contributed by atoms with van der Waals surface area (Å²) in [5, 5.41) is 1.03. The van der Waals surface area contributed by atoms with Crippen LogP contribution < -0.4 is 10.4 Å². The second-order valence-electron chi connectivity index (χ2n) is 5.61. The van der Waals surface area contributed by atoms with Crippen LogP contribution in [0.1, 0.15) is 21.5 Å². The highest BCUT2D eigenvalue weighted by Crippen LogP contribution is 2.26. The summed E-state index contributed by atoms with van der Waals surface area (Å²) in [4.78, 5) is 23.9. The van der Waals surface area contributed by atoms with Gasteiger partial charge in [-0.05, 0) is 36.8 Å². The lowest BCUT2D eigenvalue weighted by Gasteiger charge is -2.09. The number of fused-ring (bicyclic) bond motifs is 1. The van der Waals surface area contributed by atoms with Crippen LogP contribution in [0.2, 0.25) is 5.02 Å². The SMILES string of the molecule is COc1ccc(C(=O)OCc2cc(=O)oc3cc(C)c(Cl)cc23)c(F)c1. The highest BCUT2D eigenvalue weighted by molar-refractivity contribution is 6.32. The van der Waals surface area contributed by atoms with Crippen LogP contribution in [-0.4, -0.2) is 13.1 Å². The third-order valence-electron chi connectivity index (χ3n) is 3.86. The molecule has 0 radical (unpaired) electrons. The predicted octanol–water partition coefficient (Wildman–Crippen LogP) is 4.26. The van der Waals surface area contributed by atoms with Crippen molar-refractivity contribution in [2.24, 2.45) is 0 Å². The number of hydrogen-bond acceptors (Lipinski definition) is 5. The second-order valence-corrected chi connectivity index (χ2v) is 6.02. The van der Waals surface area contributed by atoms with E-state index in [2.05, 4.69) is 0 Å². The number of ether oxygens (including phenoxy) is 2. The molecule has 1 heterocycles. The van der Waals surface area contributed by atoms with E-state index < -0.39 is 17.4 Å². The normalized spacial score (nSPS) is 10.8. The summed E-state index contributed by atoms with van der Waals surface area (Å²) in [5.41, 5.74) is 0.686. The third-order valence-corrected chi connectivity index (χ3v) is 4.27. The molecule has 26 heavy (non-hydrogen) atoms. The van der Waals surface area contributed by atoms with E-state index >= 15 is 0 Å². The highest BCUT2D eigenvalue weighted by Gasteiger charge is 2.16. The summed E-state index contributed by atoms with van der Waals surface area (Å²) >= 11 is 6.12. The average molecular weight is 377 g/mol. The molecule has 0 aliphatic heterocycles. The van der Waals surface area contributed by atoms with Gasteiger partial charge >= 0.3 is 11.6 Å². The van der Waals surface area contributed by atoms with Crippen LogP contribution in [0.15, 0.2) is 45.6 Å². The van der Waals surface area contributed by atoms with E-state index in [0.29, 0.717) is 21.6 Å². The first-order chi connectivity index (χ1) is 12.4. The van der Waals surface area contributed by atoms with Crippen LogP contribution in [0, 0.1) is 12.7 Å². The lowest BCUT2D eigenvalue weighted by Crippen LogP contribution is -2.09. The number of hydrogen-bond donors (Lipinski definition) is 0. The molecule has 0 aliphatic carbocycles. The number of carbonyl (C=O) groups is 1. The molecule has 3 aromatic rings. The number of esters is 1. The first kappa shape index (κ1) is 17.9. The molecular formula is C19H14ClFO5. The van der Waals surface area contributed by atoms with E-state index in [1.165, 1.54) is 25.3 Å². The Morgan fingerprint density at radius 3 is 2.69 bits per heavy atom. The summed E-state index contributed by atoms with van der Waals surface area (Å²) in [7, 11) is 1.39. The maximum absolute atomic E-state index is 14.0. The molecule has 134 valence electrons. The summed E-state index contributed by atoms with van der Waals surface area (Å²) in [6.07, 6.45) is 0. The summed E-state index contributed by atoms with van der Waals surface area (Å²) in [5.74, 6) is -1.33. The van der Waals surface area contributed by atoms with Gasteiger partial charge in [0.15, 0.2) is 0 Å². The first-order valence-corrected chi connectivity index (χ1v) is 8.00. The van der Waals surface area contributed by atoms with Crippen LogP contribution in [-0.2, 0) is 11.3 Å². The molecule has 0 saturated heterocycles. The van der Waals surface area contributed by atoms with E-state index in [1.807, 2.05) is 0 Å². The van der Waals surface area contributed by atoms with Gasteiger partial charge in [0, 0.05) is 28.1 Å². The van der Waals surface area contributed by atoms with Crippen molar-refractivity contribution in [3.63, 3.8) is 0 Å². The Hall–Kier alpha value is -2.86. The third kappa shape index (κ3) is 3.55. The molecule has 7 heteroatoms. The molecule has 1 aromatic heterocycles. The van der Waals surface area contributed by atoms with Crippen LogP contribution in [0.25, 0.3) is 11.0 Å². The first-order valence-electron chi connectivity index (χ1n) is 7.62.